The lowest BCUT2D eigenvalue weighted by Crippen LogP contribution is -2.40. The van der Waals surface area contributed by atoms with E-state index in [4.69, 9.17) is 18.5 Å². The van der Waals surface area contributed by atoms with Gasteiger partial charge in [-0.15, -0.1) is 0 Å². The first kappa shape index (κ1) is 29.4. The molecule has 0 fully saturated rings. The maximum Gasteiger partial charge on any atom is 0.459 e. The maximum atomic E-state index is 13.7. The van der Waals surface area contributed by atoms with E-state index in [0.29, 0.717) is 0 Å². The summed E-state index contributed by atoms with van der Waals surface area (Å²) in [4.78, 5) is 37.5. The van der Waals surface area contributed by atoms with E-state index in [9.17, 15) is 28.4 Å². The molecule has 0 aliphatic carbocycles. The Kier molecular flexibility index (Phi) is 11.0. The van der Waals surface area contributed by atoms with Crippen LogP contribution in [-0.2, 0) is 23.4 Å². The quantitative estimate of drug-likeness (QED) is 0.243. The third-order valence-corrected chi connectivity index (χ3v) is 6.24. The SMILES string of the molecule is CC(C)OC(=O)[C@@H](C)NP(=O)(OC[C@@H](O[C@H](CF)n1ccc(=O)[nH]c1=O)[C@H](C)O)Oc1ccccc1. The molecule has 0 saturated carbocycles. The molecule has 200 valence electrons. The molecule has 0 aliphatic heterocycles. The first-order chi connectivity index (χ1) is 16.9. The van der Waals surface area contributed by atoms with Crippen molar-refractivity contribution in [3.05, 3.63) is 63.4 Å². The van der Waals surface area contributed by atoms with Crippen LogP contribution in [0.3, 0.4) is 0 Å². The molecule has 12 nitrogen and oxygen atoms in total. The molecule has 1 heterocycles. The zero-order valence-corrected chi connectivity index (χ0v) is 21.2. The first-order valence-corrected chi connectivity index (χ1v) is 12.7. The largest absolute Gasteiger partial charge is 0.462 e. The van der Waals surface area contributed by atoms with Crippen LogP contribution in [-0.4, -0.2) is 58.3 Å². The second-order valence-corrected chi connectivity index (χ2v) is 9.77. The number of hydrogen-bond donors (Lipinski definition) is 3. The molecular formula is C22H31FN3O9P. The molecule has 0 aliphatic rings. The highest BCUT2D eigenvalue weighted by Crippen LogP contribution is 2.45. The molecule has 36 heavy (non-hydrogen) atoms. The van der Waals surface area contributed by atoms with Gasteiger partial charge in [-0.25, -0.2) is 13.8 Å². The van der Waals surface area contributed by atoms with Gasteiger partial charge in [-0.2, -0.15) is 5.09 Å². The van der Waals surface area contributed by atoms with Crippen molar-refractivity contribution < 1.29 is 37.4 Å². The fraction of sp³-hybridized carbons (Fsp3) is 0.500. The van der Waals surface area contributed by atoms with Gasteiger partial charge in [0.15, 0.2) is 6.23 Å². The second-order valence-electron chi connectivity index (χ2n) is 8.08. The van der Waals surface area contributed by atoms with Gasteiger partial charge < -0.3 is 19.1 Å². The molecule has 2 aromatic rings. The number of esters is 1. The van der Waals surface area contributed by atoms with Crippen LogP contribution in [0.1, 0.15) is 33.9 Å². The van der Waals surface area contributed by atoms with Crippen molar-refractivity contribution in [1.82, 2.24) is 14.6 Å². The van der Waals surface area contributed by atoms with Gasteiger partial charge in [0.2, 0.25) is 0 Å². The molecule has 14 heteroatoms. The highest BCUT2D eigenvalue weighted by atomic mass is 31.2. The number of aromatic nitrogens is 2. The number of aliphatic hydroxyl groups is 1. The first-order valence-electron chi connectivity index (χ1n) is 11.1. The zero-order chi connectivity index (χ0) is 26.9. The number of benzene rings is 1. The minimum atomic E-state index is -4.28. The Bertz CT molecular complexity index is 1140. The zero-order valence-electron chi connectivity index (χ0n) is 20.3. The summed E-state index contributed by atoms with van der Waals surface area (Å²) in [5, 5.41) is 12.7. The van der Waals surface area contributed by atoms with Crippen LogP contribution in [0, 0.1) is 0 Å². The number of alkyl halides is 1. The van der Waals surface area contributed by atoms with Crippen LogP contribution in [0.15, 0.2) is 52.2 Å². The molecule has 1 aromatic carbocycles. The fourth-order valence-electron chi connectivity index (χ4n) is 2.83. The Hall–Kier alpha value is -2.83. The van der Waals surface area contributed by atoms with Gasteiger partial charge in [-0.3, -0.25) is 23.7 Å². The van der Waals surface area contributed by atoms with E-state index < -0.39 is 68.8 Å². The number of para-hydroxylation sites is 1. The van der Waals surface area contributed by atoms with E-state index >= 15 is 0 Å². The van der Waals surface area contributed by atoms with Crippen molar-refractivity contribution in [3.8, 4) is 5.75 Å². The minimum absolute atomic E-state index is 0.161. The molecule has 0 bridgehead atoms. The summed E-state index contributed by atoms with van der Waals surface area (Å²) >= 11 is 0. The topological polar surface area (TPSA) is 158 Å². The van der Waals surface area contributed by atoms with Crippen LogP contribution in [0.5, 0.6) is 5.75 Å². The molecule has 3 N–H and O–H groups in total. The highest BCUT2D eigenvalue weighted by molar-refractivity contribution is 7.52. The number of H-pyrrole nitrogens is 1. The lowest BCUT2D eigenvalue weighted by Gasteiger charge is -2.28. The number of carbonyl (C=O) groups excluding carboxylic acids is 1. The van der Waals surface area contributed by atoms with Crippen LogP contribution in [0.2, 0.25) is 0 Å². The molecule has 5 atom stereocenters. The molecule has 0 amide bonds. The van der Waals surface area contributed by atoms with E-state index in [1.807, 2.05) is 4.98 Å². The van der Waals surface area contributed by atoms with E-state index in [1.54, 1.807) is 32.0 Å². The molecule has 2 rings (SSSR count). The summed E-state index contributed by atoms with van der Waals surface area (Å²) < 4.78 is 49.7. The van der Waals surface area contributed by atoms with Gasteiger partial charge in [0.1, 0.15) is 24.6 Å². The molecule has 1 aromatic heterocycles. The monoisotopic (exact) mass is 531 g/mol. The third kappa shape index (κ3) is 8.99. The van der Waals surface area contributed by atoms with Gasteiger partial charge in [0.25, 0.3) is 5.56 Å². The number of nitrogens with zero attached hydrogens (tertiary/aromatic N) is 1. The Labute approximate surface area is 206 Å². The summed E-state index contributed by atoms with van der Waals surface area (Å²) in [6, 6.07) is 7.90. The molecule has 0 saturated heterocycles. The normalized spacial score (nSPS) is 16.5. The lowest BCUT2D eigenvalue weighted by atomic mass is 10.2. The van der Waals surface area contributed by atoms with E-state index in [1.165, 1.54) is 26.0 Å². The van der Waals surface area contributed by atoms with Gasteiger partial charge in [-0.05, 0) is 39.8 Å². The molecule has 1 unspecified atom stereocenters. The Morgan fingerprint density at radius 2 is 1.83 bits per heavy atom. The van der Waals surface area contributed by atoms with Crippen molar-refractivity contribution in [2.24, 2.45) is 0 Å². The van der Waals surface area contributed by atoms with Crippen molar-refractivity contribution in [2.75, 3.05) is 13.3 Å². The van der Waals surface area contributed by atoms with Crippen molar-refractivity contribution >= 4 is 13.7 Å². The molecule has 0 radical (unpaired) electrons. The van der Waals surface area contributed by atoms with Gasteiger partial charge in [0.05, 0.1) is 18.8 Å². The number of rotatable bonds is 14. The number of carbonyl (C=O) groups is 1. The van der Waals surface area contributed by atoms with Crippen LogP contribution in [0.25, 0.3) is 0 Å². The van der Waals surface area contributed by atoms with Gasteiger partial charge >= 0.3 is 19.4 Å². The van der Waals surface area contributed by atoms with Crippen molar-refractivity contribution in [1.29, 1.82) is 0 Å². The van der Waals surface area contributed by atoms with Gasteiger partial charge in [0, 0.05) is 12.3 Å². The van der Waals surface area contributed by atoms with Crippen LogP contribution in [0.4, 0.5) is 4.39 Å². The summed E-state index contributed by atoms with van der Waals surface area (Å²) in [7, 11) is -4.28. The Morgan fingerprint density at radius 1 is 1.17 bits per heavy atom. The number of aliphatic hydroxyl groups excluding tert-OH is 1. The summed E-state index contributed by atoms with van der Waals surface area (Å²) in [5.74, 6) is -0.544. The van der Waals surface area contributed by atoms with E-state index in [0.717, 1.165) is 16.8 Å². The van der Waals surface area contributed by atoms with Crippen molar-refractivity contribution in [2.45, 2.75) is 58.3 Å². The average Bonchev–Trinajstić information content (AvgIpc) is 2.79. The van der Waals surface area contributed by atoms with Gasteiger partial charge in [-0.1, -0.05) is 18.2 Å². The number of nitrogens with one attached hydrogen (secondary N) is 2. The third-order valence-electron chi connectivity index (χ3n) is 4.60. The number of ether oxygens (including phenoxy) is 2. The average molecular weight is 531 g/mol. The van der Waals surface area contributed by atoms with Crippen LogP contribution >= 0.6 is 7.75 Å². The summed E-state index contributed by atoms with van der Waals surface area (Å²) in [6.07, 6.45) is -3.47. The fourth-order valence-corrected chi connectivity index (χ4v) is 4.33. The number of aromatic amines is 1. The standard InChI is InChI=1S/C22H31FN3O9P/c1-14(2)33-21(29)15(3)25-36(31,35-17-8-6-5-7-9-17)32-13-18(16(4)27)34-20(12-23)26-11-10-19(28)24-22(26)30/h5-11,14-16,18,20,27H,12-13H2,1-4H3,(H,25,31)(H,24,28,30)/t15-,16+,18-,20-,36?/m1/s1. The minimum Gasteiger partial charge on any atom is -0.462 e. The predicted molar refractivity (Wildman–Crippen MR) is 127 cm³/mol. The summed E-state index contributed by atoms with van der Waals surface area (Å²) in [6.45, 7) is 4.25. The summed E-state index contributed by atoms with van der Waals surface area (Å²) in [5.41, 5.74) is -1.60. The smallest absolute Gasteiger partial charge is 0.459 e. The Balaban J connectivity index is 2.23. The maximum absolute atomic E-state index is 13.7. The van der Waals surface area contributed by atoms with E-state index in [2.05, 4.69) is 5.09 Å². The van der Waals surface area contributed by atoms with Crippen molar-refractivity contribution in [3.63, 3.8) is 0 Å². The number of hydrogen-bond acceptors (Lipinski definition) is 9. The molecule has 0 spiro atoms. The number of halogens is 1. The second kappa shape index (κ2) is 13.5. The highest BCUT2D eigenvalue weighted by Gasteiger charge is 2.35. The van der Waals surface area contributed by atoms with Crippen LogP contribution < -0.4 is 20.9 Å². The Morgan fingerprint density at radius 3 is 2.39 bits per heavy atom. The van der Waals surface area contributed by atoms with E-state index in [-0.39, 0.29) is 5.75 Å². The molecular weight excluding hydrogens is 500 g/mol. The lowest BCUT2D eigenvalue weighted by molar-refractivity contribution is -0.149. The predicted octanol–water partition coefficient (Wildman–Crippen LogP) is 1.90.